The molecule has 1 heterocycles. The van der Waals surface area contributed by atoms with Gasteiger partial charge in [0.05, 0.1) is 18.3 Å². The van der Waals surface area contributed by atoms with Gasteiger partial charge in [-0.15, -0.1) is 0 Å². The highest BCUT2D eigenvalue weighted by Gasteiger charge is 2.03. The summed E-state index contributed by atoms with van der Waals surface area (Å²) < 4.78 is 13.8. The molecule has 0 aliphatic rings. The molecule has 0 bridgehead atoms. The molecule has 1 aromatic heterocycles. The van der Waals surface area contributed by atoms with E-state index in [0.717, 1.165) is 28.2 Å². The second kappa shape index (κ2) is 6.67. The van der Waals surface area contributed by atoms with E-state index in [2.05, 4.69) is 19.4 Å². The molecule has 3 rings (SSSR count). The molecule has 5 nitrogen and oxygen atoms in total. The number of fused-ring (bicyclic) bond motifs is 1. The van der Waals surface area contributed by atoms with Crippen LogP contribution in [0.15, 0.2) is 42.5 Å². The molecule has 0 spiro atoms. The lowest BCUT2D eigenvalue weighted by Crippen LogP contribution is -2.18. The Balaban J connectivity index is 1.63. The number of nitrogens with one attached hydrogen (secondary N) is 2. The normalized spacial score (nSPS) is 10.4. The third kappa shape index (κ3) is 3.49. The summed E-state index contributed by atoms with van der Waals surface area (Å²) in [6.45, 7) is 2.61. The Morgan fingerprint density at radius 2 is 1.73 bits per heavy atom. The summed E-state index contributed by atoms with van der Waals surface area (Å²) >= 11 is 6.52. The third-order valence-electron chi connectivity index (χ3n) is 2.93. The number of aromatic nitrogens is 2. The smallest absolute Gasteiger partial charge is 0.175 e. The quantitative estimate of drug-likeness (QED) is 0.708. The largest absolute Gasteiger partial charge is 0.494 e. The van der Waals surface area contributed by atoms with Crippen LogP contribution in [0.3, 0.4) is 0 Å². The lowest BCUT2D eigenvalue weighted by Gasteiger charge is -2.11. The van der Waals surface area contributed by atoms with Gasteiger partial charge in [-0.3, -0.25) is 0 Å². The minimum atomic E-state index is 0.520. The molecule has 0 fully saturated rings. The Kier molecular flexibility index (Phi) is 4.45. The first-order chi connectivity index (χ1) is 10.7. The third-order valence-corrected chi connectivity index (χ3v) is 3.70. The maximum atomic E-state index is 5.41. The Labute approximate surface area is 137 Å². The second-order valence-electron chi connectivity index (χ2n) is 4.50. The molecule has 0 amide bonds. The van der Waals surface area contributed by atoms with E-state index in [1.807, 2.05) is 49.4 Å². The van der Waals surface area contributed by atoms with Gasteiger partial charge in [-0.25, -0.2) is 0 Å². The minimum Gasteiger partial charge on any atom is -0.494 e. The lowest BCUT2D eigenvalue weighted by atomic mass is 10.3. The molecule has 0 aliphatic heterocycles. The summed E-state index contributed by atoms with van der Waals surface area (Å²) in [5.41, 5.74) is 3.53. The fourth-order valence-corrected chi connectivity index (χ4v) is 2.71. The van der Waals surface area contributed by atoms with E-state index in [0.29, 0.717) is 11.7 Å². The Bertz CT molecular complexity index is 786. The number of hydrogen-bond donors (Lipinski definition) is 2. The van der Waals surface area contributed by atoms with Gasteiger partial charge in [0.25, 0.3) is 0 Å². The van der Waals surface area contributed by atoms with Crippen LogP contribution in [-0.2, 0) is 0 Å². The van der Waals surface area contributed by atoms with Gasteiger partial charge in [0.15, 0.2) is 5.11 Å². The number of rotatable bonds is 4. The van der Waals surface area contributed by atoms with Crippen molar-refractivity contribution < 1.29 is 4.74 Å². The van der Waals surface area contributed by atoms with E-state index in [1.165, 1.54) is 11.7 Å². The maximum Gasteiger partial charge on any atom is 0.175 e. The Morgan fingerprint density at radius 1 is 1.05 bits per heavy atom. The number of nitrogens with zero attached hydrogens (tertiary/aromatic N) is 2. The number of ether oxygens (including phenoxy) is 1. The standard InChI is InChI=1S/C15H14N4OS2/c1-2-20-12-6-3-10(4-7-12)16-15(21)17-11-5-8-13-14(9-11)19-22-18-13/h3-9H,2H2,1H3,(H2,16,17,21). The molecule has 0 saturated heterocycles. The van der Waals surface area contributed by atoms with Crippen LogP contribution in [0.4, 0.5) is 11.4 Å². The fraction of sp³-hybridized carbons (Fsp3) is 0.133. The van der Waals surface area contributed by atoms with Crippen LogP contribution in [0.2, 0.25) is 0 Å². The van der Waals surface area contributed by atoms with Crippen LogP contribution in [-0.4, -0.2) is 20.5 Å². The SMILES string of the molecule is CCOc1ccc(NC(=S)Nc2ccc3nsnc3c2)cc1. The summed E-state index contributed by atoms with van der Waals surface area (Å²) in [5, 5.41) is 6.79. The van der Waals surface area contributed by atoms with E-state index in [1.54, 1.807) is 0 Å². The van der Waals surface area contributed by atoms with Crippen LogP contribution in [0.1, 0.15) is 6.92 Å². The molecule has 112 valence electrons. The maximum absolute atomic E-state index is 5.41. The molecule has 0 atom stereocenters. The van der Waals surface area contributed by atoms with Crippen LogP contribution in [0, 0.1) is 0 Å². The van der Waals surface area contributed by atoms with Gasteiger partial charge in [0.1, 0.15) is 16.8 Å². The summed E-state index contributed by atoms with van der Waals surface area (Å²) in [6.07, 6.45) is 0. The van der Waals surface area contributed by atoms with Crippen LogP contribution >= 0.6 is 23.9 Å². The fourth-order valence-electron chi connectivity index (χ4n) is 1.95. The van der Waals surface area contributed by atoms with Crippen LogP contribution < -0.4 is 15.4 Å². The van der Waals surface area contributed by atoms with E-state index in [4.69, 9.17) is 17.0 Å². The summed E-state index contributed by atoms with van der Waals surface area (Å²) in [7, 11) is 0. The number of hydrogen-bond acceptors (Lipinski definition) is 5. The van der Waals surface area contributed by atoms with Gasteiger partial charge in [0.2, 0.25) is 0 Å². The Morgan fingerprint density at radius 3 is 2.50 bits per heavy atom. The van der Waals surface area contributed by atoms with E-state index in [-0.39, 0.29) is 0 Å². The van der Waals surface area contributed by atoms with Crippen LogP contribution in [0.5, 0.6) is 5.75 Å². The van der Waals surface area contributed by atoms with Crippen molar-refractivity contribution in [2.24, 2.45) is 0 Å². The van der Waals surface area contributed by atoms with Crippen LogP contribution in [0.25, 0.3) is 11.0 Å². The first-order valence-corrected chi connectivity index (χ1v) is 7.91. The van der Waals surface area contributed by atoms with Gasteiger partial charge in [-0.2, -0.15) is 8.75 Å². The van der Waals surface area contributed by atoms with Gasteiger partial charge >= 0.3 is 0 Å². The first-order valence-electron chi connectivity index (χ1n) is 6.78. The first kappa shape index (κ1) is 14.7. The number of anilines is 2. The molecular formula is C15H14N4OS2. The Hall–Kier alpha value is -2.25. The zero-order valence-electron chi connectivity index (χ0n) is 11.9. The minimum absolute atomic E-state index is 0.520. The highest BCUT2D eigenvalue weighted by molar-refractivity contribution is 7.80. The monoisotopic (exact) mass is 330 g/mol. The van der Waals surface area contributed by atoms with Gasteiger partial charge < -0.3 is 15.4 Å². The molecule has 0 unspecified atom stereocenters. The van der Waals surface area contributed by atoms with E-state index in [9.17, 15) is 0 Å². The van der Waals surface area contributed by atoms with Crippen molar-refractivity contribution in [1.29, 1.82) is 0 Å². The molecule has 2 N–H and O–H groups in total. The van der Waals surface area contributed by atoms with Gasteiger partial charge in [-0.1, -0.05) is 0 Å². The summed E-state index contributed by atoms with van der Waals surface area (Å²) in [4.78, 5) is 0. The average Bonchev–Trinajstić information content (AvgIpc) is 2.97. The van der Waals surface area contributed by atoms with Crippen molar-refractivity contribution in [2.45, 2.75) is 6.92 Å². The highest BCUT2D eigenvalue weighted by Crippen LogP contribution is 2.18. The predicted octanol–water partition coefficient (Wildman–Crippen LogP) is 3.90. The van der Waals surface area contributed by atoms with E-state index >= 15 is 0 Å². The van der Waals surface area contributed by atoms with Crippen molar-refractivity contribution >= 4 is 51.5 Å². The summed E-state index contributed by atoms with van der Waals surface area (Å²) in [6, 6.07) is 13.4. The molecule has 0 radical (unpaired) electrons. The highest BCUT2D eigenvalue weighted by atomic mass is 32.1. The van der Waals surface area contributed by atoms with Crippen molar-refractivity contribution in [3.63, 3.8) is 0 Å². The molecular weight excluding hydrogens is 316 g/mol. The summed E-state index contributed by atoms with van der Waals surface area (Å²) in [5.74, 6) is 0.841. The average molecular weight is 330 g/mol. The van der Waals surface area contributed by atoms with Crippen molar-refractivity contribution in [3.8, 4) is 5.75 Å². The molecule has 7 heteroatoms. The van der Waals surface area contributed by atoms with Crippen molar-refractivity contribution in [2.75, 3.05) is 17.2 Å². The zero-order valence-corrected chi connectivity index (χ0v) is 13.5. The zero-order chi connectivity index (χ0) is 15.4. The topological polar surface area (TPSA) is 59.1 Å². The lowest BCUT2D eigenvalue weighted by molar-refractivity contribution is 0.340. The van der Waals surface area contributed by atoms with Gasteiger partial charge in [-0.05, 0) is 61.6 Å². The molecule has 0 saturated carbocycles. The molecule has 3 aromatic rings. The van der Waals surface area contributed by atoms with E-state index < -0.39 is 0 Å². The number of benzene rings is 2. The van der Waals surface area contributed by atoms with Crippen molar-refractivity contribution in [1.82, 2.24) is 8.75 Å². The number of thiocarbonyl (C=S) groups is 1. The molecule has 2 aromatic carbocycles. The second-order valence-corrected chi connectivity index (χ2v) is 5.44. The molecule has 22 heavy (non-hydrogen) atoms. The van der Waals surface area contributed by atoms with Crippen molar-refractivity contribution in [3.05, 3.63) is 42.5 Å². The molecule has 0 aliphatic carbocycles. The van der Waals surface area contributed by atoms with Gasteiger partial charge in [0, 0.05) is 11.4 Å². The predicted molar refractivity (Wildman–Crippen MR) is 94.9 cm³/mol.